The number of halogens is 1. The molecule has 7 heteroatoms. The quantitative estimate of drug-likeness (QED) is 0.740. The van der Waals surface area contributed by atoms with Crippen LogP contribution in [-0.4, -0.2) is 24.5 Å². The second-order valence-corrected chi connectivity index (χ2v) is 5.77. The number of benzene rings is 2. The number of hydrogen-bond acceptors (Lipinski definition) is 4. The Morgan fingerprint density at radius 1 is 1.04 bits per heavy atom. The minimum atomic E-state index is -0.769. The highest BCUT2D eigenvalue weighted by Gasteiger charge is 2.15. The van der Waals surface area contributed by atoms with Gasteiger partial charge in [-0.05, 0) is 37.3 Å². The van der Waals surface area contributed by atoms with Crippen LogP contribution in [0.3, 0.4) is 0 Å². The number of nitrogens with one attached hydrogen (secondary N) is 2. The first-order valence-corrected chi connectivity index (χ1v) is 8.02. The van der Waals surface area contributed by atoms with Gasteiger partial charge in [-0.25, -0.2) is 0 Å². The number of hydrazine groups is 1. The molecule has 0 bridgehead atoms. The Morgan fingerprint density at radius 3 is 2.46 bits per heavy atom. The molecule has 126 valence electrons. The van der Waals surface area contributed by atoms with Gasteiger partial charge < -0.3 is 9.47 Å². The van der Waals surface area contributed by atoms with Crippen LogP contribution in [0.1, 0.15) is 6.92 Å². The van der Waals surface area contributed by atoms with Crippen molar-refractivity contribution in [1.82, 2.24) is 10.9 Å². The van der Waals surface area contributed by atoms with E-state index in [-0.39, 0.29) is 6.61 Å². The third-order valence-corrected chi connectivity index (χ3v) is 3.41. The molecule has 2 aromatic carbocycles. The molecule has 0 spiro atoms. The molecule has 0 fully saturated rings. The van der Waals surface area contributed by atoms with Crippen LogP contribution in [0.25, 0.3) is 0 Å². The van der Waals surface area contributed by atoms with Gasteiger partial charge in [-0.15, -0.1) is 0 Å². The predicted molar refractivity (Wildman–Crippen MR) is 92.5 cm³/mol. The Bertz CT molecular complexity index is 694. The van der Waals surface area contributed by atoms with Gasteiger partial charge in [-0.3, -0.25) is 20.4 Å². The molecule has 0 saturated carbocycles. The standard InChI is InChI=1S/C17H17BrN2O4/c1-12(24-15-9-5-6-13(18)10-15)17(22)20-19-16(21)11-23-14-7-3-2-4-8-14/h2-10,12H,11H2,1H3,(H,19,21)(H,20,22). The number of ether oxygens (including phenoxy) is 2. The topological polar surface area (TPSA) is 76.7 Å². The largest absolute Gasteiger partial charge is 0.484 e. The number of para-hydroxylation sites is 1. The molecule has 1 atom stereocenters. The smallest absolute Gasteiger partial charge is 0.279 e. The minimum Gasteiger partial charge on any atom is -0.484 e. The lowest BCUT2D eigenvalue weighted by molar-refractivity contribution is -0.133. The van der Waals surface area contributed by atoms with Gasteiger partial charge >= 0.3 is 0 Å². The first kappa shape index (κ1) is 17.8. The monoisotopic (exact) mass is 392 g/mol. The molecule has 6 nitrogen and oxygen atoms in total. The number of hydrogen-bond donors (Lipinski definition) is 2. The molecule has 2 rings (SSSR count). The van der Waals surface area contributed by atoms with Crippen molar-refractivity contribution in [3.8, 4) is 11.5 Å². The molecule has 1 unspecified atom stereocenters. The van der Waals surface area contributed by atoms with E-state index in [0.29, 0.717) is 11.5 Å². The second-order valence-electron chi connectivity index (χ2n) is 4.86. The maximum Gasteiger partial charge on any atom is 0.279 e. The summed E-state index contributed by atoms with van der Waals surface area (Å²) in [4.78, 5) is 23.6. The summed E-state index contributed by atoms with van der Waals surface area (Å²) in [6, 6.07) is 16.1. The fourth-order valence-electron chi connectivity index (χ4n) is 1.73. The molecule has 0 aliphatic heterocycles. The van der Waals surface area contributed by atoms with E-state index in [0.717, 1.165) is 4.47 Å². The number of carbonyl (C=O) groups is 2. The van der Waals surface area contributed by atoms with Gasteiger partial charge in [0.2, 0.25) is 0 Å². The summed E-state index contributed by atoms with van der Waals surface area (Å²) in [6.07, 6.45) is -0.769. The van der Waals surface area contributed by atoms with Crippen molar-refractivity contribution in [3.05, 3.63) is 59.1 Å². The van der Waals surface area contributed by atoms with Crippen LogP contribution in [0.5, 0.6) is 11.5 Å². The second kappa shape index (κ2) is 8.93. The summed E-state index contributed by atoms with van der Waals surface area (Å²) in [5, 5.41) is 0. The minimum absolute atomic E-state index is 0.203. The molecule has 2 amide bonds. The van der Waals surface area contributed by atoms with Crippen molar-refractivity contribution in [3.63, 3.8) is 0 Å². The molecule has 2 aromatic rings. The highest BCUT2D eigenvalue weighted by Crippen LogP contribution is 2.18. The highest BCUT2D eigenvalue weighted by atomic mass is 79.9. The summed E-state index contributed by atoms with van der Waals surface area (Å²) in [6.45, 7) is 1.38. The molecule has 2 N–H and O–H groups in total. The van der Waals surface area contributed by atoms with Crippen molar-refractivity contribution in [2.45, 2.75) is 13.0 Å². The fourth-order valence-corrected chi connectivity index (χ4v) is 2.11. The van der Waals surface area contributed by atoms with E-state index >= 15 is 0 Å². The Morgan fingerprint density at radius 2 is 1.75 bits per heavy atom. The molecule has 0 aromatic heterocycles. The van der Waals surface area contributed by atoms with E-state index in [1.807, 2.05) is 12.1 Å². The van der Waals surface area contributed by atoms with Gasteiger partial charge in [0.15, 0.2) is 12.7 Å². The van der Waals surface area contributed by atoms with E-state index in [1.165, 1.54) is 0 Å². The average molecular weight is 393 g/mol. The van der Waals surface area contributed by atoms with Crippen LogP contribution >= 0.6 is 15.9 Å². The highest BCUT2D eigenvalue weighted by molar-refractivity contribution is 9.10. The summed E-state index contributed by atoms with van der Waals surface area (Å²) >= 11 is 3.32. The zero-order valence-corrected chi connectivity index (χ0v) is 14.6. The molecule has 0 aliphatic rings. The van der Waals surface area contributed by atoms with Crippen LogP contribution in [0.2, 0.25) is 0 Å². The van der Waals surface area contributed by atoms with E-state index < -0.39 is 17.9 Å². The van der Waals surface area contributed by atoms with Gasteiger partial charge in [0.25, 0.3) is 11.8 Å². The Kier molecular flexibility index (Phi) is 6.62. The van der Waals surface area contributed by atoms with E-state index in [1.54, 1.807) is 49.4 Å². The first-order chi connectivity index (χ1) is 11.5. The van der Waals surface area contributed by atoms with Gasteiger partial charge in [-0.1, -0.05) is 40.2 Å². The summed E-state index contributed by atoms with van der Waals surface area (Å²) in [7, 11) is 0. The third kappa shape index (κ3) is 5.92. The van der Waals surface area contributed by atoms with E-state index in [9.17, 15) is 9.59 Å². The van der Waals surface area contributed by atoms with Gasteiger partial charge in [-0.2, -0.15) is 0 Å². The van der Waals surface area contributed by atoms with E-state index in [4.69, 9.17) is 9.47 Å². The fraction of sp³-hybridized carbons (Fsp3) is 0.176. The number of carbonyl (C=O) groups excluding carboxylic acids is 2. The molecule has 0 aliphatic carbocycles. The summed E-state index contributed by atoms with van der Waals surface area (Å²) < 4.78 is 11.6. The third-order valence-electron chi connectivity index (χ3n) is 2.92. The van der Waals surface area contributed by atoms with Crippen molar-refractivity contribution < 1.29 is 19.1 Å². The Labute approximate surface area is 148 Å². The van der Waals surface area contributed by atoms with Crippen LogP contribution in [0, 0.1) is 0 Å². The van der Waals surface area contributed by atoms with Crippen LogP contribution in [0.15, 0.2) is 59.1 Å². The Hall–Kier alpha value is -2.54. The molecular weight excluding hydrogens is 376 g/mol. The zero-order chi connectivity index (χ0) is 17.4. The summed E-state index contributed by atoms with van der Waals surface area (Å²) in [5.74, 6) is 0.181. The van der Waals surface area contributed by atoms with Crippen molar-refractivity contribution in [1.29, 1.82) is 0 Å². The van der Waals surface area contributed by atoms with Crippen LogP contribution < -0.4 is 20.3 Å². The lowest BCUT2D eigenvalue weighted by Crippen LogP contribution is -2.48. The normalized spacial score (nSPS) is 11.2. The van der Waals surface area contributed by atoms with Gasteiger partial charge in [0.1, 0.15) is 11.5 Å². The molecule has 0 radical (unpaired) electrons. The van der Waals surface area contributed by atoms with Gasteiger partial charge in [0.05, 0.1) is 0 Å². The SMILES string of the molecule is CC(Oc1cccc(Br)c1)C(=O)NNC(=O)COc1ccccc1. The first-order valence-electron chi connectivity index (χ1n) is 7.23. The number of rotatable bonds is 6. The zero-order valence-electron chi connectivity index (χ0n) is 13.0. The van der Waals surface area contributed by atoms with Crippen molar-refractivity contribution in [2.75, 3.05) is 6.61 Å². The lowest BCUT2D eigenvalue weighted by atomic mass is 10.3. The van der Waals surface area contributed by atoms with Crippen LogP contribution in [-0.2, 0) is 9.59 Å². The van der Waals surface area contributed by atoms with Crippen molar-refractivity contribution in [2.24, 2.45) is 0 Å². The number of amides is 2. The maximum absolute atomic E-state index is 11.9. The van der Waals surface area contributed by atoms with E-state index in [2.05, 4.69) is 26.8 Å². The molecule has 0 saturated heterocycles. The summed E-state index contributed by atoms with van der Waals surface area (Å²) in [5.41, 5.74) is 4.58. The van der Waals surface area contributed by atoms with Gasteiger partial charge in [0, 0.05) is 4.47 Å². The molecular formula is C17H17BrN2O4. The van der Waals surface area contributed by atoms with Crippen molar-refractivity contribution >= 4 is 27.7 Å². The van der Waals surface area contributed by atoms with Crippen LogP contribution in [0.4, 0.5) is 0 Å². The Balaban J connectivity index is 1.72. The molecule has 24 heavy (non-hydrogen) atoms. The predicted octanol–water partition coefficient (Wildman–Crippen LogP) is 2.44. The average Bonchev–Trinajstić information content (AvgIpc) is 2.58. The lowest BCUT2D eigenvalue weighted by Gasteiger charge is -2.15. The maximum atomic E-state index is 11.9. The molecule has 0 heterocycles.